The normalized spacial score (nSPS) is 11.2. The Labute approximate surface area is 172 Å². The first-order valence-electron chi connectivity index (χ1n) is 8.85. The molecule has 1 N–H and O–H groups in total. The molecule has 0 aliphatic carbocycles. The van der Waals surface area contributed by atoms with Gasteiger partial charge in [0.2, 0.25) is 0 Å². The first-order chi connectivity index (χ1) is 13.2. The summed E-state index contributed by atoms with van der Waals surface area (Å²) in [6.07, 6.45) is 4.92. The van der Waals surface area contributed by atoms with E-state index in [1.165, 1.54) is 6.33 Å². The first-order valence-corrected chi connectivity index (χ1v) is 8.85. The van der Waals surface area contributed by atoms with Gasteiger partial charge in [-0.3, -0.25) is 0 Å². The molecule has 28 heavy (non-hydrogen) atoms. The number of ether oxygens (including phenoxy) is 2. The van der Waals surface area contributed by atoms with Gasteiger partial charge in [-0.2, -0.15) is 13.5 Å². The van der Waals surface area contributed by atoms with Crippen molar-refractivity contribution in [2.24, 2.45) is 0 Å². The molecular formula is C20H25N5O2S. The van der Waals surface area contributed by atoms with E-state index >= 15 is 0 Å². The lowest BCUT2D eigenvalue weighted by Crippen LogP contribution is -2.12. The molecule has 7 nitrogen and oxygen atoms in total. The Morgan fingerprint density at radius 1 is 1.07 bits per heavy atom. The molecule has 0 radical (unpaired) electrons. The third kappa shape index (κ3) is 5.32. The third-order valence-electron chi connectivity index (χ3n) is 4.12. The molecule has 1 atom stereocenters. The Bertz CT molecular complexity index is 876. The van der Waals surface area contributed by atoms with Gasteiger partial charge in [0.05, 0.1) is 19.4 Å². The van der Waals surface area contributed by atoms with E-state index in [1.807, 2.05) is 31.2 Å². The molecule has 0 spiro atoms. The van der Waals surface area contributed by atoms with Crippen LogP contribution in [0, 0.1) is 0 Å². The Hall–Kier alpha value is -2.87. The molecule has 0 saturated heterocycles. The zero-order chi connectivity index (χ0) is 19.1. The van der Waals surface area contributed by atoms with Crippen LogP contribution in [0.25, 0.3) is 11.3 Å². The SMILES string of the molecule is CCOc1ncc(-c2cc(NC[C@@H](C)c3ccccc3OC)ncn2)cn1.S. The monoisotopic (exact) mass is 399 g/mol. The molecule has 2 aromatic heterocycles. The number of nitrogens with zero attached hydrogens (tertiary/aromatic N) is 4. The van der Waals surface area contributed by atoms with Gasteiger partial charge in [0.15, 0.2) is 0 Å². The third-order valence-corrected chi connectivity index (χ3v) is 4.12. The second-order valence-electron chi connectivity index (χ2n) is 6.00. The van der Waals surface area contributed by atoms with Crippen LogP contribution >= 0.6 is 13.5 Å². The zero-order valence-electron chi connectivity index (χ0n) is 16.2. The molecule has 0 fully saturated rings. The molecule has 3 aromatic rings. The molecule has 0 saturated carbocycles. The van der Waals surface area contributed by atoms with Gasteiger partial charge in [-0.05, 0) is 18.6 Å². The summed E-state index contributed by atoms with van der Waals surface area (Å²) in [7, 11) is 1.69. The molecular weight excluding hydrogens is 374 g/mol. The van der Waals surface area contributed by atoms with Crippen molar-refractivity contribution in [1.82, 2.24) is 19.9 Å². The van der Waals surface area contributed by atoms with Gasteiger partial charge in [0.25, 0.3) is 0 Å². The van der Waals surface area contributed by atoms with Crippen molar-refractivity contribution >= 4 is 19.3 Å². The summed E-state index contributed by atoms with van der Waals surface area (Å²) in [5.74, 6) is 1.89. The fraction of sp³-hybridized carbons (Fsp3) is 0.300. The van der Waals surface area contributed by atoms with Crippen LogP contribution in [0.1, 0.15) is 25.3 Å². The Balaban J connectivity index is 0.00000280. The summed E-state index contributed by atoms with van der Waals surface area (Å²) < 4.78 is 10.7. The number of hydrogen-bond donors (Lipinski definition) is 1. The van der Waals surface area contributed by atoms with Gasteiger partial charge in [-0.15, -0.1) is 0 Å². The second kappa shape index (κ2) is 10.5. The zero-order valence-corrected chi connectivity index (χ0v) is 17.2. The number of hydrogen-bond acceptors (Lipinski definition) is 7. The van der Waals surface area contributed by atoms with E-state index in [1.54, 1.807) is 19.5 Å². The molecule has 1 aromatic carbocycles. The van der Waals surface area contributed by atoms with E-state index in [0.29, 0.717) is 12.6 Å². The molecule has 148 valence electrons. The molecule has 3 rings (SSSR count). The maximum Gasteiger partial charge on any atom is 0.316 e. The summed E-state index contributed by atoms with van der Waals surface area (Å²) in [6, 6.07) is 10.3. The first kappa shape index (κ1) is 21.4. The quantitative estimate of drug-likeness (QED) is 0.619. The van der Waals surface area contributed by atoms with Crippen molar-refractivity contribution in [2.45, 2.75) is 19.8 Å². The number of para-hydroxylation sites is 1. The minimum atomic E-state index is 0. The van der Waals surface area contributed by atoms with Crippen molar-refractivity contribution in [1.29, 1.82) is 0 Å². The highest BCUT2D eigenvalue weighted by Gasteiger charge is 2.11. The van der Waals surface area contributed by atoms with E-state index in [0.717, 1.165) is 34.9 Å². The molecule has 0 aliphatic heterocycles. The average molecular weight is 400 g/mol. The van der Waals surface area contributed by atoms with Crippen LogP contribution < -0.4 is 14.8 Å². The number of benzene rings is 1. The van der Waals surface area contributed by atoms with Crippen LogP contribution in [0.15, 0.2) is 49.1 Å². The summed E-state index contributed by atoms with van der Waals surface area (Å²) in [6.45, 7) is 5.29. The van der Waals surface area contributed by atoms with Crippen molar-refractivity contribution in [3.05, 3.63) is 54.6 Å². The van der Waals surface area contributed by atoms with Crippen LogP contribution in [0.4, 0.5) is 5.82 Å². The number of aromatic nitrogens is 4. The predicted molar refractivity (Wildman–Crippen MR) is 115 cm³/mol. The van der Waals surface area contributed by atoms with Crippen LogP contribution in [-0.4, -0.2) is 40.2 Å². The fourth-order valence-electron chi connectivity index (χ4n) is 2.71. The van der Waals surface area contributed by atoms with Crippen LogP contribution in [-0.2, 0) is 0 Å². The smallest absolute Gasteiger partial charge is 0.316 e. The largest absolute Gasteiger partial charge is 0.496 e. The van der Waals surface area contributed by atoms with Crippen molar-refractivity contribution in [3.63, 3.8) is 0 Å². The van der Waals surface area contributed by atoms with Gasteiger partial charge in [-0.25, -0.2) is 19.9 Å². The number of methoxy groups -OCH3 is 1. The number of anilines is 1. The predicted octanol–water partition coefficient (Wildman–Crippen LogP) is 3.67. The topological polar surface area (TPSA) is 82.0 Å². The Morgan fingerprint density at radius 2 is 1.82 bits per heavy atom. The van der Waals surface area contributed by atoms with Crippen LogP contribution in [0.5, 0.6) is 11.8 Å². The minimum absolute atomic E-state index is 0. The molecule has 0 aliphatic rings. The molecule has 0 unspecified atom stereocenters. The Morgan fingerprint density at radius 3 is 2.54 bits per heavy atom. The molecule has 0 bridgehead atoms. The number of nitrogens with one attached hydrogen (secondary N) is 1. The maximum absolute atomic E-state index is 5.44. The van der Waals surface area contributed by atoms with Gasteiger partial charge >= 0.3 is 6.01 Å². The van der Waals surface area contributed by atoms with Crippen LogP contribution in [0.3, 0.4) is 0 Å². The van der Waals surface area contributed by atoms with Gasteiger partial charge in [0.1, 0.15) is 17.9 Å². The summed E-state index contributed by atoms with van der Waals surface area (Å²) in [4.78, 5) is 17.0. The van der Waals surface area contributed by atoms with Crippen molar-refractivity contribution in [2.75, 3.05) is 25.6 Å². The summed E-state index contributed by atoms with van der Waals surface area (Å²) in [5, 5.41) is 3.36. The van der Waals surface area contributed by atoms with E-state index in [9.17, 15) is 0 Å². The van der Waals surface area contributed by atoms with Gasteiger partial charge < -0.3 is 14.8 Å². The highest BCUT2D eigenvalue weighted by molar-refractivity contribution is 7.59. The van der Waals surface area contributed by atoms with Crippen molar-refractivity contribution in [3.8, 4) is 23.0 Å². The number of rotatable bonds is 8. The standard InChI is InChI=1S/C20H23N5O2.H2S/c1-4-27-20-22-11-15(12-23-20)17-9-19(25-13-24-17)21-10-14(2)16-7-5-6-8-18(16)26-3;/h5-9,11-14H,4,10H2,1-3H3,(H,21,24,25);1H2/t14-;/m1./s1. The molecule has 0 amide bonds. The van der Waals surface area contributed by atoms with E-state index in [-0.39, 0.29) is 19.4 Å². The van der Waals surface area contributed by atoms with Gasteiger partial charge in [0, 0.05) is 36.5 Å². The van der Waals surface area contributed by atoms with E-state index < -0.39 is 0 Å². The van der Waals surface area contributed by atoms with Gasteiger partial charge in [-0.1, -0.05) is 25.1 Å². The lowest BCUT2D eigenvalue weighted by molar-refractivity contribution is 0.312. The van der Waals surface area contributed by atoms with Crippen molar-refractivity contribution < 1.29 is 9.47 Å². The summed E-state index contributed by atoms with van der Waals surface area (Å²) >= 11 is 0. The average Bonchev–Trinajstić information content (AvgIpc) is 2.73. The van der Waals surface area contributed by atoms with Crippen LogP contribution in [0.2, 0.25) is 0 Å². The van der Waals surface area contributed by atoms with E-state index in [4.69, 9.17) is 9.47 Å². The summed E-state index contributed by atoms with van der Waals surface area (Å²) in [5.41, 5.74) is 2.71. The highest BCUT2D eigenvalue weighted by atomic mass is 32.1. The minimum Gasteiger partial charge on any atom is -0.496 e. The Kier molecular flexibility index (Phi) is 8.01. The highest BCUT2D eigenvalue weighted by Crippen LogP contribution is 2.26. The lowest BCUT2D eigenvalue weighted by Gasteiger charge is -2.16. The molecule has 8 heteroatoms. The fourth-order valence-corrected chi connectivity index (χ4v) is 2.71. The molecule has 2 heterocycles. The second-order valence-corrected chi connectivity index (χ2v) is 6.00. The van der Waals surface area contributed by atoms with E-state index in [2.05, 4.69) is 38.2 Å². The maximum atomic E-state index is 5.44. The lowest BCUT2D eigenvalue weighted by atomic mass is 10.00.